The smallest absolute Gasteiger partial charge is 0.285 e. The molecule has 1 unspecified atom stereocenters. The van der Waals surface area contributed by atoms with Crippen molar-refractivity contribution < 1.29 is 14.2 Å². The Hall–Kier alpha value is -1.48. The van der Waals surface area contributed by atoms with Gasteiger partial charge in [-0.3, -0.25) is 0 Å². The first-order chi connectivity index (χ1) is 8.78. The van der Waals surface area contributed by atoms with Crippen molar-refractivity contribution in [2.24, 2.45) is 0 Å². The zero-order valence-electron chi connectivity index (χ0n) is 11.2. The van der Waals surface area contributed by atoms with Crippen LogP contribution in [0, 0.1) is 0 Å². The topological polar surface area (TPSA) is 27.7 Å². The molecule has 3 heteroatoms. The highest BCUT2D eigenvalue weighted by atomic mass is 16.8. The zero-order chi connectivity index (χ0) is 13.0. The summed E-state index contributed by atoms with van der Waals surface area (Å²) >= 11 is 0. The van der Waals surface area contributed by atoms with Gasteiger partial charge >= 0.3 is 0 Å². The summed E-state index contributed by atoms with van der Waals surface area (Å²) in [6.07, 6.45) is 2.78. The van der Waals surface area contributed by atoms with Gasteiger partial charge in [-0.15, -0.1) is 0 Å². The van der Waals surface area contributed by atoms with Crippen molar-refractivity contribution >= 4 is 5.57 Å². The molecule has 1 heterocycles. The summed E-state index contributed by atoms with van der Waals surface area (Å²) in [4.78, 5) is 0. The molecular weight excluding hydrogens is 228 g/mol. The fraction of sp³-hybridized carbons (Fsp3) is 0.467. The van der Waals surface area contributed by atoms with E-state index in [1.807, 2.05) is 0 Å². The molecule has 0 saturated heterocycles. The van der Waals surface area contributed by atoms with Gasteiger partial charge in [0.1, 0.15) is 0 Å². The first kappa shape index (κ1) is 13.0. The van der Waals surface area contributed by atoms with Crippen LogP contribution in [0.25, 0.3) is 5.57 Å². The first-order valence-corrected chi connectivity index (χ1v) is 6.34. The van der Waals surface area contributed by atoms with E-state index in [4.69, 9.17) is 14.2 Å². The van der Waals surface area contributed by atoms with Gasteiger partial charge in [0.25, 0.3) is 5.95 Å². The molecular formula is C15H20O3. The second-order valence-corrected chi connectivity index (χ2v) is 4.40. The van der Waals surface area contributed by atoms with Crippen LogP contribution < -0.4 is 0 Å². The Morgan fingerprint density at radius 3 is 2.50 bits per heavy atom. The SMILES string of the molecule is CCCc1ccc(C2=C(OC)OC(OC)C2)cc1. The summed E-state index contributed by atoms with van der Waals surface area (Å²) in [7, 11) is 3.27. The van der Waals surface area contributed by atoms with Crippen LogP contribution in [0.2, 0.25) is 0 Å². The van der Waals surface area contributed by atoms with Crippen LogP contribution in [-0.4, -0.2) is 20.5 Å². The van der Waals surface area contributed by atoms with Gasteiger partial charge in [-0.05, 0) is 17.5 Å². The monoisotopic (exact) mass is 248 g/mol. The van der Waals surface area contributed by atoms with Crippen LogP contribution in [-0.2, 0) is 20.6 Å². The predicted molar refractivity (Wildman–Crippen MR) is 70.9 cm³/mol. The highest BCUT2D eigenvalue weighted by molar-refractivity contribution is 5.68. The highest BCUT2D eigenvalue weighted by Crippen LogP contribution is 2.33. The summed E-state index contributed by atoms with van der Waals surface area (Å²) in [6.45, 7) is 2.19. The van der Waals surface area contributed by atoms with Gasteiger partial charge in [-0.2, -0.15) is 0 Å². The Morgan fingerprint density at radius 1 is 1.22 bits per heavy atom. The molecule has 1 aromatic carbocycles. The largest absolute Gasteiger partial charge is 0.468 e. The maximum Gasteiger partial charge on any atom is 0.285 e. The standard InChI is InChI=1S/C15H20O3/c1-4-5-11-6-8-12(9-7-11)13-10-14(16-2)18-15(13)17-3/h6-9,14H,4-5,10H2,1-3H3. The quantitative estimate of drug-likeness (QED) is 0.799. The van der Waals surface area contributed by atoms with E-state index in [0.29, 0.717) is 5.95 Å². The van der Waals surface area contributed by atoms with Crippen LogP contribution in [0.1, 0.15) is 30.9 Å². The van der Waals surface area contributed by atoms with E-state index in [9.17, 15) is 0 Å². The van der Waals surface area contributed by atoms with Crippen molar-refractivity contribution in [3.63, 3.8) is 0 Å². The van der Waals surface area contributed by atoms with E-state index >= 15 is 0 Å². The fourth-order valence-electron chi connectivity index (χ4n) is 2.18. The Balaban J connectivity index is 2.19. The average Bonchev–Trinajstić information content (AvgIpc) is 2.83. The van der Waals surface area contributed by atoms with Crippen LogP contribution in [0.15, 0.2) is 30.2 Å². The number of hydrogen-bond donors (Lipinski definition) is 0. The number of methoxy groups -OCH3 is 2. The number of hydrogen-bond acceptors (Lipinski definition) is 3. The third-order valence-corrected chi connectivity index (χ3v) is 3.15. The lowest BCUT2D eigenvalue weighted by molar-refractivity contribution is -0.108. The second-order valence-electron chi connectivity index (χ2n) is 4.40. The van der Waals surface area contributed by atoms with Gasteiger partial charge in [0, 0.05) is 19.1 Å². The Morgan fingerprint density at radius 2 is 1.94 bits per heavy atom. The van der Waals surface area contributed by atoms with Crippen molar-refractivity contribution in [3.05, 3.63) is 41.3 Å². The first-order valence-electron chi connectivity index (χ1n) is 6.34. The van der Waals surface area contributed by atoms with E-state index in [0.717, 1.165) is 24.0 Å². The molecule has 18 heavy (non-hydrogen) atoms. The minimum Gasteiger partial charge on any atom is -0.468 e. The minimum absolute atomic E-state index is 0.231. The molecule has 0 fully saturated rings. The molecule has 0 radical (unpaired) electrons. The molecule has 1 aliphatic rings. The molecule has 0 saturated carbocycles. The van der Waals surface area contributed by atoms with E-state index in [-0.39, 0.29) is 6.29 Å². The normalized spacial score (nSPS) is 18.9. The molecule has 2 rings (SSSR count). The van der Waals surface area contributed by atoms with E-state index in [1.165, 1.54) is 12.0 Å². The number of rotatable bonds is 5. The molecule has 0 aromatic heterocycles. The molecule has 3 nitrogen and oxygen atoms in total. The van der Waals surface area contributed by atoms with Crippen molar-refractivity contribution in [2.75, 3.05) is 14.2 Å². The third-order valence-electron chi connectivity index (χ3n) is 3.15. The lowest BCUT2D eigenvalue weighted by Crippen LogP contribution is -2.08. The summed E-state index contributed by atoms with van der Waals surface area (Å²) in [5.74, 6) is 0.574. The summed E-state index contributed by atoms with van der Waals surface area (Å²) < 4.78 is 16.0. The van der Waals surface area contributed by atoms with E-state index in [2.05, 4.69) is 31.2 Å². The van der Waals surface area contributed by atoms with Gasteiger partial charge in [0.2, 0.25) is 6.29 Å². The summed E-state index contributed by atoms with van der Waals surface area (Å²) in [5, 5.41) is 0. The molecule has 0 amide bonds. The molecule has 0 aliphatic carbocycles. The second kappa shape index (κ2) is 5.91. The van der Waals surface area contributed by atoms with E-state index in [1.54, 1.807) is 14.2 Å². The molecule has 0 N–H and O–H groups in total. The maximum atomic E-state index is 5.54. The molecule has 1 atom stereocenters. The molecule has 0 bridgehead atoms. The van der Waals surface area contributed by atoms with Crippen molar-refractivity contribution in [2.45, 2.75) is 32.5 Å². The molecule has 98 valence electrons. The Labute approximate surface area is 108 Å². The van der Waals surface area contributed by atoms with Crippen molar-refractivity contribution in [1.82, 2.24) is 0 Å². The van der Waals surface area contributed by atoms with Crippen LogP contribution >= 0.6 is 0 Å². The molecule has 0 spiro atoms. The van der Waals surface area contributed by atoms with Crippen LogP contribution in [0.3, 0.4) is 0 Å². The molecule has 1 aromatic rings. The summed E-state index contributed by atoms with van der Waals surface area (Å²) in [6, 6.07) is 8.58. The Bertz CT molecular complexity index is 420. The van der Waals surface area contributed by atoms with Crippen LogP contribution in [0.5, 0.6) is 0 Å². The van der Waals surface area contributed by atoms with Gasteiger partial charge in [0.15, 0.2) is 0 Å². The van der Waals surface area contributed by atoms with E-state index < -0.39 is 0 Å². The zero-order valence-corrected chi connectivity index (χ0v) is 11.2. The van der Waals surface area contributed by atoms with Crippen molar-refractivity contribution in [3.8, 4) is 0 Å². The maximum absolute atomic E-state index is 5.54. The third kappa shape index (κ3) is 2.67. The van der Waals surface area contributed by atoms with Crippen LogP contribution in [0.4, 0.5) is 0 Å². The molecule has 1 aliphatic heterocycles. The van der Waals surface area contributed by atoms with Gasteiger partial charge in [-0.1, -0.05) is 37.6 Å². The Kier molecular flexibility index (Phi) is 4.26. The minimum atomic E-state index is -0.231. The number of ether oxygens (including phenoxy) is 3. The predicted octanol–water partition coefficient (Wildman–Crippen LogP) is 3.35. The number of benzene rings is 1. The fourth-order valence-corrected chi connectivity index (χ4v) is 2.18. The highest BCUT2D eigenvalue weighted by Gasteiger charge is 2.27. The lowest BCUT2D eigenvalue weighted by atomic mass is 10.0. The lowest BCUT2D eigenvalue weighted by Gasteiger charge is -2.08. The number of aryl methyl sites for hydroxylation is 1. The summed E-state index contributed by atoms with van der Waals surface area (Å²) in [5.41, 5.74) is 3.58. The van der Waals surface area contributed by atoms with Gasteiger partial charge in [0.05, 0.1) is 7.11 Å². The van der Waals surface area contributed by atoms with Gasteiger partial charge in [-0.25, -0.2) is 0 Å². The van der Waals surface area contributed by atoms with Gasteiger partial charge < -0.3 is 14.2 Å². The average molecular weight is 248 g/mol. The van der Waals surface area contributed by atoms with Crippen molar-refractivity contribution in [1.29, 1.82) is 0 Å².